The minimum atomic E-state index is -0.888. The number of carbonyl (C=O) groups is 3. The van der Waals surface area contributed by atoms with E-state index in [9.17, 15) is 19.5 Å². The summed E-state index contributed by atoms with van der Waals surface area (Å²) in [6.45, 7) is 8.84. The van der Waals surface area contributed by atoms with E-state index in [0.717, 1.165) is 16.9 Å². The summed E-state index contributed by atoms with van der Waals surface area (Å²) >= 11 is 0. The Morgan fingerprint density at radius 3 is 2.56 bits per heavy atom. The zero-order chi connectivity index (χ0) is 23.6. The fourth-order valence-corrected chi connectivity index (χ4v) is 4.07. The molecule has 1 saturated heterocycles. The van der Waals surface area contributed by atoms with Gasteiger partial charge in [0.05, 0.1) is 18.1 Å². The lowest BCUT2D eigenvalue weighted by atomic mass is 9.96. The molecule has 0 spiro atoms. The van der Waals surface area contributed by atoms with Gasteiger partial charge in [-0.1, -0.05) is 37.3 Å². The number of imide groups is 1. The van der Waals surface area contributed by atoms with Gasteiger partial charge in [0.25, 0.3) is 0 Å². The van der Waals surface area contributed by atoms with Crippen molar-refractivity contribution in [3.05, 3.63) is 35.9 Å². The van der Waals surface area contributed by atoms with Gasteiger partial charge in [0.15, 0.2) is 0 Å². The van der Waals surface area contributed by atoms with Crippen LogP contribution in [0, 0.1) is 11.8 Å². The standard InChI is InChI=1S/C24H34N2O6/c1-14(19(27)12-11-17-13-18(17)25-22(29)32-24(3,4)5)21(28)26-15(2)20(31-23(26)30)16-9-7-6-8-10-16/h6-10,14-15,17-20,27H,11-13H2,1-5H3,(H,25,29)/t14-,15-,17-,18?,19?,20-/m1/s1. The highest BCUT2D eigenvalue weighted by molar-refractivity contribution is 5.95. The zero-order valence-corrected chi connectivity index (χ0v) is 19.4. The molecule has 3 rings (SSSR count). The van der Waals surface area contributed by atoms with E-state index in [2.05, 4.69) is 5.32 Å². The molecule has 1 aliphatic carbocycles. The van der Waals surface area contributed by atoms with Crippen LogP contribution in [0.3, 0.4) is 0 Å². The Kier molecular flexibility index (Phi) is 7.12. The Morgan fingerprint density at radius 2 is 1.94 bits per heavy atom. The number of cyclic esters (lactones) is 1. The number of benzene rings is 1. The molecule has 1 saturated carbocycles. The Labute approximate surface area is 189 Å². The maximum atomic E-state index is 13.0. The second-order valence-corrected chi connectivity index (χ2v) is 9.85. The van der Waals surface area contributed by atoms with Crippen LogP contribution in [0.2, 0.25) is 0 Å². The lowest BCUT2D eigenvalue weighted by Crippen LogP contribution is -2.44. The smallest absolute Gasteiger partial charge is 0.417 e. The van der Waals surface area contributed by atoms with Gasteiger partial charge in [-0.3, -0.25) is 4.79 Å². The van der Waals surface area contributed by atoms with Crippen molar-refractivity contribution in [3.8, 4) is 0 Å². The summed E-state index contributed by atoms with van der Waals surface area (Å²) in [5.74, 6) is -0.930. The van der Waals surface area contributed by atoms with E-state index in [1.54, 1.807) is 13.8 Å². The molecule has 1 aromatic carbocycles. The quantitative estimate of drug-likeness (QED) is 0.660. The predicted octanol–water partition coefficient (Wildman–Crippen LogP) is 3.79. The van der Waals surface area contributed by atoms with E-state index >= 15 is 0 Å². The fraction of sp³-hybridized carbons (Fsp3) is 0.625. The third-order valence-electron chi connectivity index (χ3n) is 6.06. The van der Waals surface area contributed by atoms with E-state index in [1.807, 2.05) is 51.1 Å². The highest BCUT2D eigenvalue weighted by Gasteiger charge is 2.46. The number of nitrogens with zero attached hydrogens (tertiary/aromatic N) is 1. The minimum Gasteiger partial charge on any atom is -0.444 e. The van der Waals surface area contributed by atoms with Crippen LogP contribution < -0.4 is 5.32 Å². The van der Waals surface area contributed by atoms with Crippen LogP contribution in [0.1, 0.15) is 65.5 Å². The summed E-state index contributed by atoms with van der Waals surface area (Å²) in [6.07, 6.45) is -0.635. The van der Waals surface area contributed by atoms with Crippen molar-refractivity contribution in [2.45, 2.75) is 83.8 Å². The molecule has 6 atom stereocenters. The summed E-state index contributed by atoms with van der Waals surface area (Å²) in [5, 5.41) is 13.4. The summed E-state index contributed by atoms with van der Waals surface area (Å²) in [7, 11) is 0. The van der Waals surface area contributed by atoms with Gasteiger partial charge in [-0.15, -0.1) is 0 Å². The molecule has 2 aliphatic rings. The number of amides is 3. The zero-order valence-electron chi connectivity index (χ0n) is 19.4. The largest absolute Gasteiger partial charge is 0.444 e. The van der Waals surface area contributed by atoms with Crippen molar-refractivity contribution >= 4 is 18.1 Å². The lowest BCUT2D eigenvalue weighted by molar-refractivity contribution is -0.136. The van der Waals surface area contributed by atoms with Crippen molar-refractivity contribution in [2.75, 3.05) is 0 Å². The lowest BCUT2D eigenvalue weighted by Gasteiger charge is -2.25. The van der Waals surface area contributed by atoms with Crippen molar-refractivity contribution in [1.82, 2.24) is 10.2 Å². The van der Waals surface area contributed by atoms with E-state index in [4.69, 9.17) is 9.47 Å². The molecule has 8 heteroatoms. The number of hydrogen-bond donors (Lipinski definition) is 2. The number of hydrogen-bond acceptors (Lipinski definition) is 6. The van der Waals surface area contributed by atoms with Gasteiger partial charge < -0.3 is 19.9 Å². The molecule has 2 unspecified atom stereocenters. The summed E-state index contributed by atoms with van der Waals surface area (Å²) < 4.78 is 10.7. The molecule has 0 aromatic heterocycles. The number of alkyl carbamates (subject to hydrolysis) is 1. The number of carbonyl (C=O) groups excluding carboxylic acids is 3. The summed E-state index contributed by atoms with van der Waals surface area (Å²) in [4.78, 5) is 38.4. The first-order chi connectivity index (χ1) is 15.0. The first-order valence-electron chi connectivity index (χ1n) is 11.2. The van der Waals surface area contributed by atoms with Crippen LogP contribution in [0.4, 0.5) is 9.59 Å². The highest BCUT2D eigenvalue weighted by atomic mass is 16.6. The molecule has 1 aliphatic heterocycles. The Balaban J connectivity index is 1.48. The van der Waals surface area contributed by atoms with Gasteiger partial charge in [0.1, 0.15) is 11.7 Å². The van der Waals surface area contributed by atoms with Crippen LogP contribution in [0.15, 0.2) is 30.3 Å². The maximum Gasteiger partial charge on any atom is 0.417 e. The van der Waals surface area contributed by atoms with Crippen molar-refractivity contribution in [2.24, 2.45) is 11.8 Å². The number of rotatable bonds is 7. The molecule has 3 amide bonds. The topological polar surface area (TPSA) is 105 Å². The normalized spacial score (nSPS) is 26.8. The molecule has 2 fully saturated rings. The Hall–Kier alpha value is -2.61. The molecule has 0 bridgehead atoms. The molecular formula is C24H34N2O6. The second-order valence-electron chi connectivity index (χ2n) is 9.85. The summed E-state index contributed by atoms with van der Waals surface area (Å²) in [6, 6.07) is 8.88. The fourth-order valence-electron chi connectivity index (χ4n) is 4.07. The first-order valence-corrected chi connectivity index (χ1v) is 11.2. The van der Waals surface area contributed by atoms with Gasteiger partial charge >= 0.3 is 12.2 Å². The van der Waals surface area contributed by atoms with E-state index in [-0.39, 0.29) is 12.0 Å². The number of nitrogens with one attached hydrogen (secondary N) is 1. The van der Waals surface area contributed by atoms with Gasteiger partial charge in [-0.05, 0) is 58.4 Å². The minimum absolute atomic E-state index is 0.0308. The first kappa shape index (κ1) is 24.0. The third kappa shape index (κ3) is 5.79. The molecule has 1 aromatic rings. The van der Waals surface area contributed by atoms with E-state index < -0.39 is 47.9 Å². The molecule has 0 radical (unpaired) electrons. The van der Waals surface area contributed by atoms with Crippen molar-refractivity contribution in [3.63, 3.8) is 0 Å². The highest BCUT2D eigenvalue weighted by Crippen LogP contribution is 2.37. The number of aliphatic hydroxyl groups excluding tert-OH is 1. The SMILES string of the molecule is C[C@@H]1[C@H](c2ccccc2)OC(=O)N1C(=O)[C@H](C)C(O)CC[C@@H]1CC1NC(=O)OC(C)(C)C. The molecule has 1 heterocycles. The Morgan fingerprint density at radius 1 is 1.28 bits per heavy atom. The second kappa shape index (κ2) is 9.48. The summed E-state index contributed by atoms with van der Waals surface area (Å²) in [5.41, 5.74) is 0.280. The monoisotopic (exact) mass is 446 g/mol. The van der Waals surface area contributed by atoms with Crippen LogP contribution >= 0.6 is 0 Å². The van der Waals surface area contributed by atoms with E-state index in [0.29, 0.717) is 12.8 Å². The van der Waals surface area contributed by atoms with Crippen LogP contribution in [0.5, 0.6) is 0 Å². The van der Waals surface area contributed by atoms with Crippen molar-refractivity contribution < 1.29 is 29.0 Å². The molecule has 8 nitrogen and oxygen atoms in total. The average molecular weight is 447 g/mol. The third-order valence-corrected chi connectivity index (χ3v) is 6.06. The van der Waals surface area contributed by atoms with Gasteiger partial charge in [0, 0.05) is 6.04 Å². The van der Waals surface area contributed by atoms with Gasteiger partial charge in [0.2, 0.25) is 5.91 Å². The van der Waals surface area contributed by atoms with Crippen LogP contribution in [-0.4, -0.2) is 51.9 Å². The van der Waals surface area contributed by atoms with Crippen molar-refractivity contribution in [1.29, 1.82) is 0 Å². The van der Waals surface area contributed by atoms with Gasteiger partial charge in [-0.2, -0.15) is 0 Å². The van der Waals surface area contributed by atoms with Gasteiger partial charge in [-0.25, -0.2) is 14.5 Å². The molecular weight excluding hydrogens is 412 g/mol. The van der Waals surface area contributed by atoms with E-state index in [1.165, 1.54) is 0 Å². The number of ether oxygens (including phenoxy) is 2. The average Bonchev–Trinajstić information content (AvgIpc) is 3.38. The van der Waals surface area contributed by atoms with Crippen LogP contribution in [0.25, 0.3) is 0 Å². The number of aliphatic hydroxyl groups is 1. The maximum absolute atomic E-state index is 13.0. The Bertz CT molecular complexity index is 837. The van der Waals surface area contributed by atoms with Crippen LogP contribution in [-0.2, 0) is 14.3 Å². The molecule has 2 N–H and O–H groups in total. The molecule has 32 heavy (non-hydrogen) atoms. The molecule has 176 valence electrons. The predicted molar refractivity (Wildman–Crippen MR) is 118 cm³/mol.